The van der Waals surface area contributed by atoms with E-state index >= 15 is 0 Å². The smallest absolute Gasteiger partial charge is 0.00931 e. The summed E-state index contributed by atoms with van der Waals surface area (Å²) in [5, 5.41) is 0. The minimum absolute atomic E-state index is 0.750. The van der Waals surface area contributed by atoms with Gasteiger partial charge in [-0.1, -0.05) is 19.1 Å². The number of rotatable bonds is 1. The van der Waals surface area contributed by atoms with Gasteiger partial charge in [-0.15, -0.1) is 11.8 Å². The van der Waals surface area contributed by atoms with Crippen molar-refractivity contribution in [3.63, 3.8) is 0 Å². The molecule has 1 unspecified atom stereocenters. The largest absolute Gasteiger partial charge is 0.133 e. The Balaban J connectivity index is 2.83. The normalized spacial score (nSPS) is 25.7. The van der Waals surface area contributed by atoms with Gasteiger partial charge in [0.2, 0.25) is 0 Å². The zero-order valence-electron chi connectivity index (χ0n) is 6.85. The second kappa shape index (κ2) is 3.29. The zero-order chi connectivity index (χ0) is 7.56. The minimum Gasteiger partial charge on any atom is -0.133 e. The monoisotopic (exact) mass is 154 g/mol. The molecule has 0 saturated heterocycles. The predicted octanol–water partition coefficient (Wildman–Crippen LogP) is 3.22. The van der Waals surface area contributed by atoms with Crippen LogP contribution in [0.5, 0.6) is 0 Å². The summed E-state index contributed by atoms with van der Waals surface area (Å²) in [4.78, 5) is 1.56. The molecule has 0 nitrogen and oxygen atoms in total. The van der Waals surface area contributed by atoms with Crippen LogP contribution in [-0.2, 0) is 0 Å². The molecule has 0 aromatic rings. The Bertz CT molecular complexity index is 177. The Labute approximate surface area is 67.4 Å². The van der Waals surface area contributed by atoms with Gasteiger partial charge in [0, 0.05) is 0 Å². The van der Waals surface area contributed by atoms with E-state index < -0.39 is 0 Å². The van der Waals surface area contributed by atoms with Gasteiger partial charge in [-0.3, -0.25) is 0 Å². The molecule has 0 saturated carbocycles. The first-order valence-corrected chi connectivity index (χ1v) is 4.89. The van der Waals surface area contributed by atoms with Crippen molar-refractivity contribution in [3.8, 4) is 0 Å². The summed E-state index contributed by atoms with van der Waals surface area (Å²) in [6, 6.07) is 0. The number of hydrogen-bond donors (Lipinski definition) is 0. The summed E-state index contributed by atoms with van der Waals surface area (Å²) < 4.78 is 0. The first-order chi connectivity index (χ1) is 4.75. The number of allylic oxidation sites excluding steroid dienone is 4. The van der Waals surface area contributed by atoms with Gasteiger partial charge < -0.3 is 0 Å². The van der Waals surface area contributed by atoms with Crippen LogP contribution in [0.15, 0.2) is 22.6 Å². The van der Waals surface area contributed by atoms with Crippen LogP contribution in [0.4, 0.5) is 0 Å². The molecule has 0 heterocycles. The van der Waals surface area contributed by atoms with Crippen LogP contribution < -0.4 is 0 Å². The Morgan fingerprint density at radius 3 is 2.70 bits per heavy atom. The lowest BCUT2D eigenvalue weighted by Gasteiger charge is -2.17. The molecule has 0 fully saturated rings. The molecule has 1 rings (SSSR count). The molecular formula is C9H14S. The van der Waals surface area contributed by atoms with E-state index in [1.807, 2.05) is 11.8 Å². The highest BCUT2D eigenvalue weighted by Gasteiger charge is 2.11. The van der Waals surface area contributed by atoms with E-state index in [0.717, 1.165) is 5.92 Å². The van der Waals surface area contributed by atoms with E-state index in [-0.39, 0.29) is 0 Å². The van der Waals surface area contributed by atoms with E-state index in [1.54, 1.807) is 4.91 Å². The maximum atomic E-state index is 2.29. The molecule has 10 heavy (non-hydrogen) atoms. The van der Waals surface area contributed by atoms with Gasteiger partial charge in [-0.2, -0.15) is 0 Å². The highest BCUT2D eigenvalue weighted by atomic mass is 32.2. The van der Waals surface area contributed by atoms with E-state index in [4.69, 9.17) is 0 Å². The van der Waals surface area contributed by atoms with Crippen molar-refractivity contribution < 1.29 is 0 Å². The van der Waals surface area contributed by atoms with Gasteiger partial charge in [-0.25, -0.2) is 0 Å². The van der Waals surface area contributed by atoms with Crippen molar-refractivity contribution in [3.05, 3.63) is 22.6 Å². The average molecular weight is 154 g/mol. The molecule has 0 aliphatic heterocycles. The third-order valence-electron chi connectivity index (χ3n) is 1.91. The molecule has 1 heteroatoms. The van der Waals surface area contributed by atoms with Gasteiger partial charge in [0.1, 0.15) is 0 Å². The fraction of sp³-hybridized carbons (Fsp3) is 0.556. The lowest BCUT2D eigenvalue weighted by molar-refractivity contribution is 0.716. The highest BCUT2D eigenvalue weighted by molar-refractivity contribution is 8.02. The third-order valence-corrected chi connectivity index (χ3v) is 3.08. The topological polar surface area (TPSA) is 0 Å². The summed E-state index contributed by atoms with van der Waals surface area (Å²) >= 11 is 1.89. The van der Waals surface area contributed by atoms with Crippen LogP contribution in [-0.4, -0.2) is 6.26 Å². The van der Waals surface area contributed by atoms with Crippen LogP contribution in [0.3, 0.4) is 0 Å². The molecule has 0 N–H and O–H groups in total. The van der Waals surface area contributed by atoms with Crippen molar-refractivity contribution in [2.45, 2.75) is 20.3 Å². The van der Waals surface area contributed by atoms with Crippen molar-refractivity contribution in [1.29, 1.82) is 0 Å². The van der Waals surface area contributed by atoms with E-state index in [9.17, 15) is 0 Å². The van der Waals surface area contributed by atoms with E-state index in [1.165, 1.54) is 12.0 Å². The predicted molar refractivity (Wildman–Crippen MR) is 49.1 cm³/mol. The summed E-state index contributed by atoms with van der Waals surface area (Å²) in [6.45, 7) is 4.48. The Kier molecular flexibility index (Phi) is 2.61. The third kappa shape index (κ3) is 1.46. The molecule has 1 aliphatic rings. The molecule has 0 spiro atoms. The van der Waals surface area contributed by atoms with Crippen molar-refractivity contribution in [2.24, 2.45) is 5.92 Å². The average Bonchev–Trinajstić information content (AvgIpc) is 1.88. The summed E-state index contributed by atoms with van der Waals surface area (Å²) in [5.74, 6) is 0.750. The van der Waals surface area contributed by atoms with Gasteiger partial charge in [0.15, 0.2) is 0 Å². The van der Waals surface area contributed by atoms with Gasteiger partial charge >= 0.3 is 0 Å². The fourth-order valence-electron chi connectivity index (χ4n) is 1.39. The first kappa shape index (κ1) is 7.93. The fourth-order valence-corrected chi connectivity index (χ4v) is 2.28. The zero-order valence-corrected chi connectivity index (χ0v) is 7.66. The molecule has 1 atom stereocenters. The lowest BCUT2D eigenvalue weighted by Crippen LogP contribution is -2.00. The van der Waals surface area contributed by atoms with Crippen LogP contribution in [0.25, 0.3) is 0 Å². The van der Waals surface area contributed by atoms with Crippen LogP contribution >= 0.6 is 11.8 Å². The molecule has 56 valence electrons. The maximum Gasteiger partial charge on any atom is -0.00931 e. The van der Waals surface area contributed by atoms with Crippen LogP contribution in [0.1, 0.15) is 20.3 Å². The quantitative estimate of drug-likeness (QED) is 0.559. The number of thioether (sulfide) groups is 1. The van der Waals surface area contributed by atoms with E-state index in [2.05, 4.69) is 32.3 Å². The second-order valence-corrected chi connectivity index (χ2v) is 3.64. The summed E-state index contributed by atoms with van der Waals surface area (Å²) in [7, 11) is 0. The van der Waals surface area contributed by atoms with Gasteiger partial charge in [0.25, 0.3) is 0 Å². The first-order valence-electron chi connectivity index (χ1n) is 3.67. The minimum atomic E-state index is 0.750. The van der Waals surface area contributed by atoms with Crippen molar-refractivity contribution in [2.75, 3.05) is 6.26 Å². The van der Waals surface area contributed by atoms with Crippen molar-refractivity contribution in [1.82, 2.24) is 0 Å². The number of hydrogen-bond acceptors (Lipinski definition) is 1. The van der Waals surface area contributed by atoms with E-state index in [0.29, 0.717) is 0 Å². The molecule has 0 aromatic carbocycles. The maximum absolute atomic E-state index is 2.29. The Hall–Kier alpha value is -0.170. The summed E-state index contributed by atoms with van der Waals surface area (Å²) in [6.07, 6.45) is 7.87. The van der Waals surface area contributed by atoms with Gasteiger partial charge in [-0.05, 0) is 36.0 Å². The standard InChI is InChI=1S/C9H14S/c1-7-5-4-6-8(2)9(7)10-3/h4-5,8H,6H2,1-3H3. The SMILES string of the molecule is CSC1=C(C)C=CCC1C. The Morgan fingerprint density at radius 2 is 2.30 bits per heavy atom. The molecule has 1 aliphatic carbocycles. The molecular weight excluding hydrogens is 140 g/mol. The molecule has 0 bridgehead atoms. The van der Waals surface area contributed by atoms with Crippen molar-refractivity contribution >= 4 is 11.8 Å². The highest BCUT2D eigenvalue weighted by Crippen LogP contribution is 2.31. The lowest BCUT2D eigenvalue weighted by atomic mass is 9.99. The molecule has 0 radical (unpaired) electrons. The van der Waals surface area contributed by atoms with Gasteiger partial charge in [0.05, 0.1) is 0 Å². The molecule has 0 aromatic heterocycles. The molecule has 0 amide bonds. The second-order valence-electron chi connectivity index (χ2n) is 2.79. The van der Waals surface area contributed by atoms with Crippen LogP contribution in [0.2, 0.25) is 0 Å². The summed E-state index contributed by atoms with van der Waals surface area (Å²) in [5.41, 5.74) is 1.45. The Morgan fingerprint density at radius 1 is 1.60 bits per heavy atom. The van der Waals surface area contributed by atoms with Crippen LogP contribution in [0, 0.1) is 5.92 Å².